The van der Waals surface area contributed by atoms with Crippen molar-refractivity contribution in [1.29, 1.82) is 0 Å². The number of quaternary nitrogens is 1. The first kappa shape index (κ1) is 8.06. The van der Waals surface area contributed by atoms with Crippen molar-refractivity contribution in [1.82, 2.24) is 0 Å². The van der Waals surface area contributed by atoms with Crippen LogP contribution in [-0.2, 0) is 0 Å². The van der Waals surface area contributed by atoms with E-state index in [1.54, 1.807) is 0 Å². The predicted octanol–water partition coefficient (Wildman–Crippen LogP) is 1.01. The van der Waals surface area contributed by atoms with Gasteiger partial charge in [0.05, 0.1) is 13.1 Å². The molecule has 0 aromatic rings. The van der Waals surface area contributed by atoms with Gasteiger partial charge in [-0.05, 0) is 18.8 Å². The third-order valence-electron chi connectivity index (χ3n) is 2.46. The Morgan fingerprint density at radius 2 is 2.10 bits per heavy atom. The Balaban J connectivity index is 2.46. The summed E-state index contributed by atoms with van der Waals surface area (Å²) in [4.78, 5) is 0. The molecule has 1 aliphatic rings. The molecule has 1 saturated heterocycles. The van der Waals surface area contributed by atoms with E-state index in [0.717, 1.165) is 5.92 Å². The molecule has 0 aromatic carbocycles. The van der Waals surface area contributed by atoms with Crippen molar-refractivity contribution in [3.63, 3.8) is 0 Å². The summed E-state index contributed by atoms with van der Waals surface area (Å²) in [5.41, 5.74) is 0.579. The minimum atomic E-state index is 0.579. The summed E-state index contributed by atoms with van der Waals surface area (Å²) in [6.07, 6.45) is 2.81. The van der Waals surface area contributed by atoms with E-state index >= 15 is 0 Å². The standard InChI is InChI=1S/C9H19N/c1-8-4-5-10-7-9(2,3)6-8/h8,10H,4-7H2,1-3H3/p+1/t8-/m1/s1. The summed E-state index contributed by atoms with van der Waals surface area (Å²) in [5, 5.41) is 2.46. The van der Waals surface area contributed by atoms with E-state index in [2.05, 4.69) is 26.1 Å². The highest BCUT2D eigenvalue weighted by molar-refractivity contribution is 4.71. The molecule has 0 amide bonds. The van der Waals surface area contributed by atoms with Crippen molar-refractivity contribution < 1.29 is 5.32 Å². The molecule has 10 heavy (non-hydrogen) atoms. The van der Waals surface area contributed by atoms with Crippen LogP contribution in [-0.4, -0.2) is 13.1 Å². The van der Waals surface area contributed by atoms with Crippen LogP contribution < -0.4 is 5.32 Å². The van der Waals surface area contributed by atoms with Gasteiger partial charge in [-0.25, -0.2) is 0 Å². The highest BCUT2D eigenvalue weighted by Crippen LogP contribution is 2.25. The van der Waals surface area contributed by atoms with Gasteiger partial charge < -0.3 is 5.32 Å². The smallest absolute Gasteiger partial charge is 0.0807 e. The molecule has 0 radical (unpaired) electrons. The molecular formula is C9H20N+. The van der Waals surface area contributed by atoms with E-state index in [1.807, 2.05) is 0 Å². The Morgan fingerprint density at radius 1 is 1.40 bits per heavy atom. The monoisotopic (exact) mass is 142 g/mol. The van der Waals surface area contributed by atoms with Crippen LogP contribution in [0.4, 0.5) is 0 Å². The van der Waals surface area contributed by atoms with Gasteiger partial charge >= 0.3 is 0 Å². The normalized spacial score (nSPS) is 33.3. The second kappa shape index (κ2) is 2.91. The molecule has 2 N–H and O–H groups in total. The first-order chi connectivity index (χ1) is 4.60. The lowest BCUT2D eigenvalue weighted by Gasteiger charge is -2.21. The van der Waals surface area contributed by atoms with Crippen LogP contribution >= 0.6 is 0 Å². The molecule has 1 heterocycles. The van der Waals surface area contributed by atoms with Crippen LogP contribution in [0.15, 0.2) is 0 Å². The van der Waals surface area contributed by atoms with Crippen molar-refractivity contribution in [2.45, 2.75) is 33.6 Å². The zero-order valence-corrected chi connectivity index (χ0v) is 7.48. The van der Waals surface area contributed by atoms with E-state index < -0.39 is 0 Å². The van der Waals surface area contributed by atoms with E-state index in [1.165, 1.54) is 25.9 Å². The van der Waals surface area contributed by atoms with Gasteiger partial charge in [0.15, 0.2) is 0 Å². The van der Waals surface area contributed by atoms with Crippen molar-refractivity contribution in [3.05, 3.63) is 0 Å². The molecule has 1 rings (SSSR count). The van der Waals surface area contributed by atoms with Crippen molar-refractivity contribution in [2.75, 3.05) is 13.1 Å². The molecule has 0 aliphatic carbocycles. The molecule has 0 saturated carbocycles. The molecule has 1 aliphatic heterocycles. The fourth-order valence-electron chi connectivity index (χ4n) is 2.02. The topological polar surface area (TPSA) is 16.6 Å². The maximum absolute atomic E-state index is 2.46. The first-order valence-corrected chi connectivity index (χ1v) is 4.42. The van der Waals surface area contributed by atoms with E-state index in [-0.39, 0.29) is 0 Å². The molecule has 1 heteroatoms. The second-order valence-corrected chi connectivity index (χ2v) is 4.54. The predicted molar refractivity (Wildman–Crippen MR) is 43.8 cm³/mol. The lowest BCUT2D eigenvalue weighted by molar-refractivity contribution is -0.662. The fourth-order valence-corrected chi connectivity index (χ4v) is 2.02. The van der Waals surface area contributed by atoms with Gasteiger partial charge in [-0.2, -0.15) is 0 Å². The van der Waals surface area contributed by atoms with Crippen LogP contribution in [0.25, 0.3) is 0 Å². The summed E-state index contributed by atoms with van der Waals surface area (Å²) in [6.45, 7) is 9.79. The molecule has 0 aromatic heterocycles. The van der Waals surface area contributed by atoms with Crippen LogP contribution in [0.1, 0.15) is 33.6 Å². The Kier molecular flexibility index (Phi) is 2.35. The third-order valence-corrected chi connectivity index (χ3v) is 2.46. The number of rotatable bonds is 0. The Bertz CT molecular complexity index is 107. The second-order valence-electron chi connectivity index (χ2n) is 4.54. The lowest BCUT2D eigenvalue weighted by Crippen LogP contribution is -2.86. The van der Waals surface area contributed by atoms with E-state index in [4.69, 9.17) is 0 Å². The van der Waals surface area contributed by atoms with Gasteiger partial charge in [0.2, 0.25) is 0 Å². The average Bonchev–Trinajstić information content (AvgIpc) is 1.90. The SMILES string of the molecule is C[C@@H]1CC[NH2+]CC(C)(C)C1. The Labute approximate surface area is 64.2 Å². The van der Waals surface area contributed by atoms with Crippen LogP contribution in [0.5, 0.6) is 0 Å². The molecule has 1 atom stereocenters. The van der Waals surface area contributed by atoms with Gasteiger partial charge in [0, 0.05) is 5.41 Å². The quantitative estimate of drug-likeness (QED) is 0.520. The van der Waals surface area contributed by atoms with Crippen LogP contribution in [0.3, 0.4) is 0 Å². The van der Waals surface area contributed by atoms with Crippen LogP contribution in [0, 0.1) is 11.3 Å². The molecule has 1 nitrogen and oxygen atoms in total. The molecular weight excluding hydrogens is 122 g/mol. The van der Waals surface area contributed by atoms with Crippen molar-refractivity contribution in [2.24, 2.45) is 11.3 Å². The summed E-state index contributed by atoms with van der Waals surface area (Å²) in [6, 6.07) is 0. The minimum Gasteiger partial charge on any atom is -0.346 e. The summed E-state index contributed by atoms with van der Waals surface area (Å²) < 4.78 is 0. The molecule has 0 spiro atoms. The van der Waals surface area contributed by atoms with Crippen molar-refractivity contribution in [3.8, 4) is 0 Å². The third kappa shape index (κ3) is 2.30. The highest BCUT2D eigenvalue weighted by Gasteiger charge is 2.25. The first-order valence-electron chi connectivity index (χ1n) is 4.42. The molecule has 0 unspecified atom stereocenters. The Morgan fingerprint density at radius 3 is 2.80 bits per heavy atom. The average molecular weight is 142 g/mol. The zero-order valence-electron chi connectivity index (χ0n) is 7.48. The Hall–Kier alpha value is -0.0400. The summed E-state index contributed by atoms with van der Waals surface area (Å²) in [7, 11) is 0. The van der Waals surface area contributed by atoms with E-state index in [9.17, 15) is 0 Å². The number of hydrogen-bond donors (Lipinski definition) is 1. The molecule has 0 bridgehead atoms. The molecule has 60 valence electrons. The maximum Gasteiger partial charge on any atom is 0.0807 e. The number of nitrogens with two attached hydrogens (primary N) is 1. The van der Waals surface area contributed by atoms with Gasteiger partial charge in [-0.1, -0.05) is 20.8 Å². The van der Waals surface area contributed by atoms with Gasteiger partial charge in [0.1, 0.15) is 0 Å². The number of hydrogen-bond acceptors (Lipinski definition) is 0. The molecule has 1 fully saturated rings. The summed E-state index contributed by atoms with van der Waals surface area (Å²) in [5.74, 6) is 0.939. The lowest BCUT2D eigenvalue weighted by atomic mass is 9.84. The van der Waals surface area contributed by atoms with Gasteiger partial charge in [-0.15, -0.1) is 0 Å². The van der Waals surface area contributed by atoms with Crippen LogP contribution in [0.2, 0.25) is 0 Å². The van der Waals surface area contributed by atoms with E-state index in [0.29, 0.717) is 5.41 Å². The largest absolute Gasteiger partial charge is 0.346 e. The van der Waals surface area contributed by atoms with Gasteiger partial charge in [0.25, 0.3) is 0 Å². The summed E-state index contributed by atoms with van der Waals surface area (Å²) >= 11 is 0. The zero-order chi connectivity index (χ0) is 7.61. The minimum absolute atomic E-state index is 0.579. The highest BCUT2D eigenvalue weighted by atomic mass is 14.9. The van der Waals surface area contributed by atoms with Gasteiger partial charge in [-0.3, -0.25) is 0 Å². The maximum atomic E-state index is 2.46. The fraction of sp³-hybridized carbons (Fsp3) is 1.00. The van der Waals surface area contributed by atoms with Crippen molar-refractivity contribution >= 4 is 0 Å².